The molecule has 1 aromatic rings. The van der Waals surface area contributed by atoms with Crippen molar-refractivity contribution < 1.29 is 4.79 Å². The van der Waals surface area contributed by atoms with Crippen molar-refractivity contribution in [2.75, 3.05) is 5.88 Å². The summed E-state index contributed by atoms with van der Waals surface area (Å²) in [6, 6.07) is 6.29. The number of carbonyl (C=O) groups excluding carboxylic acids is 1. The van der Waals surface area contributed by atoms with E-state index in [0.717, 1.165) is 0 Å². The molecule has 0 bridgehead atoms. The molecule has 66 valence electrons. The topological polar surface area (TPSA) is 65.8 Å². The van der Waals surface area contributed by atoms with Gasteiger partial charge in [-0.3, -0.25) is 4.79 Å². The molecule has 0 aliphatic rings. The van der Waals surface area contributed by atoms with Gasteiger partial charge in [0.2, 0.25) is 0 Å². The van der Waals surface area contributed by atoms with Crippen molar-refractivity contribution >= 4 is 23.1 Å². The Kier molecular flexibility index (Phi) is 3.31. The van der Waals surface area contributed by atoms with Crippen molar-refractivity contribution in [3.63, 3.8) is 0 Å². The van der Waals surface area contributed by atoms with Crippen LogP contribution in [0.3, 0.4) is 0 Å². The summed E-state index contributed by atoms with van der Waals surface area (Å²) in [5, 5.41) is 3.37. The number of hydrogen-bond donors (Lipinski definition) is 0. The predicted molar refractivity (Wildman–Crippen MR) is 50.3 cm³/mol. The van der Waals surface area contributed by atoms with Gasteiger partial charge in [-0.05, 0) is 5.53 Å². The molecule has 0 spiro atoms. The maximum atomic E-state index is 11.0. The molecule has 0 saturated carbocycles. The molecular formula is C8H6ClN3O. The minimum atomic E-state index is -0.144. The van der Waals surface area contributed by atoms with E-state index in [9.17, 15) is 4.79 Å². The fourth-order valence-corrected chi connectivity index (χ4v) is 0.997. The number of hydrogen-bond acceptors (Lipinski definition) is 2. The van der Waals surface area contributed by atoms with Crippen LogP contribution in [0.4, 0.5) is 5.69 Å². The van der Waals surface area contributed by atoms with Crippen LogP contribution in [0.1, 0.15) is 10.4 Å². The van der Waals surface area contributed by atoms with Gasteiger partial charge < -0.3 is 0 Å². The predicted octanol–water partition coefficient (Wildman–Crippen LogP) is 3.05. The lowest BCUT2D eigenvalue weighted by Crippen LogP contribution is -1.98. The van der Waals surface area contributed by atoms with Gasteiger partial charge in [0, 0.05) is 16.2 Å². The zero-order valence-electron chi connectivity index (χ0n) is 6.64. The maximum Gasteiger partial charge on any atom is 0.177 e. The fraction of sp³-hybridized carbons (Fsp3) is 0.125. The Labute approximate surface area is 79.8 Å². The number of alkyl halides is 1. The lowest BCUT2D eigenvalue weighted by molar-refractivity contribution is 0.102. The third-order valence-electron chi connectivity index (χ3n) is 1.47. The summed E-state index contributed by atoms with van der Waals surface area (Å²) in [7, 11) is 0. The highest BCUT2D eigenvalue weighted by atomic mass is 35.5. The highest BCUT2D eigenvalue weighted by Crippen LogP contribution is 2.13. The molecule has 0 amide bonds. The van der Waals surface area contributed by atoms with Crippen LogP contribution in [0.25, 0.3) is 10.4 Å². The molecule has 0 heterocycles. The number of nitrogens with zero attached hydrogens (tertiary/aromatic N) is 3. The summed E-state index contributed by atoms with van der Waals surface area (Å²) >= 11 is 5.36. The van der Waals surface area contributed by atoms with Crippen LogP contribution < -0.4 is 0 Å². The molecule has 0 N–H and O–H groups in total. The Morgan fingerprint density at radius 3 is 2.54 bits per heavy atom. The zero-order valence-corrected chi connectivity index (χ0v) is 7.40. The third-order valence-corrected chi connectivity index (χ3v) is 1.71. The number of azide groups is 1. The Morgan fingerprint density at radius 1 is 1.46 bits per heavy atom. The van der Waals surface area contributed by atoms with E-state index in [1.54, 1.807) is 24.3 Å². The average Bonchev–Trinajstić information content (AvgIpc) is 2.18. The molecule has 1 aromatic carbocycles. The van der Waals surface area contributed by atoms with E-state index in [-0.39, 0.29) is 11.7 Å². The van der Waals surface area contributed by atoms with Crippen molar-refractivity contribution in [1.82, 2.24) is 0 Å². The van der Waals surface area contributed by atoms with Crippen LogP contribution in [0.5, 0.6) is 0 Å². The van der Waals surface area contributed by atoms with Crippen LogP contribution in [-0.2, 0) is 0 Å². The van der Waals surface area contributed by atoms with Crippen LogP contribution in [0, 0.1) is 0 Å². The van der Waals surface area contributed by atoms with E-state index in [1.807, 2.05) is 0 Å². The molecule has 13 heavy (non-hydrogen) atoms. The Hall–Kier alpha value is -1.51. The van der Waals surface area contributed by atoms with Gasteiger partial charge in [-0.25, -0.2) is 0 Å². The largest absolute Gasteiger partial charge is 0.293 e. The summed E-state index contributed by atoms with van der Waals surface area (Å²) in [5.74, 6) is -0.185. The molecule has 1 rings (SSSR count). The summed E-state index contributed by atoms with van der Waals surface area (Å²) in [4.78, 5) is 13.7. The number of carbonyl (C=O) groups is 1. The molecule has 5 heteroatoms. The molecule has 0 aromatic heterocycles. The first-order valence-electron chi connectivity index (χ1n) is 3.52. The van der Waals surface area contributed by atoms with E-state index in [1.165, 1.54) is 0 Å². The Morgan fingerprint density at radius 2 is 2.08 bits per heavy atom. The van der Waals surface area contributed by atoms with Crippen molar-refractivity contribution in [3.8, 4) is 0 Å². The van der Waals surface area contributed by atoms with E-state index >= 15 is 0 Å². The van der Waals surface area contributed by atoms with Crippen molar-refractivity contribution in [3.05, 3.63) is 40.3 Å². The molecule has 0 radical (unpaired) electrons. The lowest BCUT2D eigenvalue weighted by atomic mass is 10.1. The van der Waals surface area contributed by atoms with Crippen LogP contribution in [0.2, 0.25) is 0 Å². The van der Waals surface area contributed by atoms with Crippen molar-refractivity contribution in [1.29, 1.82) is 0 Å². The minimum Gasteiger partial charge on any atom is -0.293 e. The standard InChI is InChI=1S/C8H6ClN3O/c9-5-8(13)6-1-3-7(4-2-6)11-12-10/h1-4H,5H2. The van der Waals surface area contributed by atoms with Gasteiger partial charge in [0.25, 0.3) is 0 Å². The third kappa shape index (κ3) is 2.47. The molecular weight excluding hydrogens is 190 g/mol. The summed E-state index contributed by atoms with van der Waals surface area (Å²) < 4.78 is 0. The smallest absolute Gasteiger partial charge is 0.177 e. The highest BCUT2D eigenvalue weighted by Gasteiger charge is 2.02. The number of halogens is 1. The molecule has 0 aliphatic carbocycles. The summed E-state index contributed by atoms with van der Waals surface area (Å²) in [5.41, 5.74) is 9.12. The summed E-state index contributed by atoms with van der Waals surface area (Å²) in [6.45, 7) is 0. The highest BCUT2D eigenvalue weighted by molar-refractivity contribution is 6.30. The normalized spacial score (nSPS) is 9.00. The second-order valence-electron chi connectivity index (χ2n) is 2.29. The monoisotopic (exact) mass is 195 g/mol. The van der Waals surface area contributed by atoms with Crippen molar-refractivity contribution in [2.45, 2.75) is 0 Å². The molecule has 0 saturated heterocycles. The van der Waals surface area contributed by atoms with Gasteiger partial charge in [0.1, 0.15) is 0 Å². The van der Waals surface area contributed by atoms with Gasteiger partial charge in [-0.1, -0.05) is 29.4 Å². The van der Waals surface area contributed by atoms with Crippen LogP contribution in [-0.4, -0.2) is 11.7 Å². The van der Waals surface area contributed by atoms with Gasteiger partial charge in [-0.15, -0.1) is 11.6 Å². The lowest BCUT2D eigenvalue weighted by Gasteiger charge is -1.96. The molecule has 0 aliphatic heterocycles. The van der Waals surface area contributed by atoms with Crippen molar-refractivity contribution in [2.24, 2.45) is 5.11 Å². The number of benzene rings is 1. The molecule has 0 fully saturated rings. The number of rotatable bonds is 3. The van der Waals surface area contributed by atoms with Gasteiger partial charge in [-0.2, -0.15) is 0 Å². The fourth-order valence-electron chi connectivity index (χ4n) is 0.843. The first kappa shape index (κ1) is 9.58. The van der Waals surface area contributed by atoms with Gasteiger partial charge in [0.05, 0.1) is 5.88 Å². The Bertz CT molecular complexity index is 354. The first-order valence-corrected chi connectivity index (χ1v) is 4.05. The first-order chi connectivity index (χ1) is 6.27. The number of Topliss-reactive ketones (excluding diaryl/α,β-unsaturated/α-hetero) is 1. The second-order valence-corrected chi connectivity index (χ2v) is 2.56. The number of ketones is 1. The average molecular weight is 196 g/mol. The Balaban J connectivity index is 2.93. The molecule has 0 unspecified atom stereocenters. The minimum absolute atomic E-state index is 0.0408. The zero-order chi connectivity index (χ0) is 9.68. The maximum absolute atomic E-state index is 11.0. The van der Waals surface area contributed by atoms with Gasteiger partial charge >= 0.3 is 0 Å². The van der Waals surface area contributed by atoms with E-state index in [2.05, 4.69) is 10.0 Å². The second kappa shape index (κ2) is 4.50. The SMILES string of the molecule is [N-]=[N+]=Nc1ccc(C(=O)CCl)cc1. The van der Waals surface area contributed by atoms with E-state index in [0.29, 0.717) is 11.3 Å². The van der Waals surface area contributed by atoms with E-state index in [4.69, 9.17) is 17.1 Å². The molecule has 0 atom stereocenters. The quantitative estimate of drug-likeness (QED) is 0.240. The van der Waals surface area contributed by atoms with Crippen LogP contribution >= 0.6 is 11.6 Å². The summed E-state index contributed by atoms with van der Waals surface area (Å²) in [6.07, 6.45) is 0. The molecule has 4 nitrogen and oxygen atoms in total. The van der Waals surface area contributed by atoms with E-state index < -0.39 is 0 Å². The van der Waals surface area contributed by atoms with Crippen LogP contribution in [0.15, 0.2) is 29.4 Å². The van der Waals surface area contributed by atoms with Gasteiger partial charge in [0.15, 0.2) is 5.78 Å².